The predicted octanol–water partition coefficient (Wildman–Crippen LogP) is 2.09. The van der Waals surface area contributed by atoms with E-state index in [1.54, 1.807) is 7.11 Å². The minimum absolute atomic E-state index is 0.400. The van der Waals surface area contributed by atoms with Crippen molar-refractivity contribution in [1.29, 1.82) is 0 Å². The largest absolute Gasteiger partial charge is 0.496 e. The molecule has 96 valence electrons. The van der Waals surface area contributed by atoms with Gasteiger partial charge in [-0.2, -0.15) is 0 Å². The Bertz CT molecular complexity index is 377. The highest BCUT2D eigenvalue weighted by Gasteiger charge is 2.11. The van der Waals surface area contributed by atoms with Crippen LogP contribution in [0, 0.1) is 13.8 Å². The topological polar surface area (TPSA) is 38.5 Å². The molecule has 1 rings (SSSR count). The van der Waals surface area contributed by atoms with Gasteiger partial charge in [-0.15, -0.1) is 0 Å². The molecule has 0 bridgehead atoms. The van der Waals surface area contributed by atoms with Gasteiger partial charge in [0, 0.05) is 19.1 Å². The Labute approximate surface area is 105 Å². The number of likely N-dealkylation sites (N-methyl/N-ethyl adjacent to an activating group) is 1. The normalized spacial score (nSPS) is 12.9. The van der Waals surface area contributed by atoms with E-state index in [2.05, 4.69) is 44.9 Å². The van der Waals surface area contributed by atoms with Crippen LogP contribution in [0.4, 0.5) is 0 Å². The number of nitrogens with zero attached hydrogens (tertiary/aromatic N) is 1. The molecule has 2 N–H and O–H groups in total. The number of hydrogen-bond acceptors (Lipinski definition) is 3. The van der Waals surface area contributed by atoms with E-state index in [1.165, 1.54) is 16.7 Å². The fourth-order valence-corrected chi connectivity index (χ4v) is 1.84. The van der Waals surface area contributed by atoms with Crippen molar-refractivity contribution in [3.63, 3.8) is 0 Å². The number of hydrogen-bond donors (Lipinski definition) is 1. The maximum Gasteiger partial charge on any atom is 0.122 e. The van der Waals surface area contributed by atoms with Crippen LogP contribution >= 0.6 is 0 Å². The SMILES string of the molecule is COc1cc(C)c(CN(C)C(C)CN)cc1C. The molecule has 3 nitrogen and oxygen atoms in total. The van der Waals surface area contributed by atoms with Crippen LogP contribution in [0.15, 0.2) is 12.1 Å². The van der Waals surface area contributed by atoms with Crippen LogP contribution in [-0.4, -0.2) is 31.6 Å². The van der Waals surface area contributed by atoms with Gasteiger partial charge in [0.25, 0.3) is 0 Å². The average molecular weight is 236 g/mol. The van der Waals surface area contributed by atoms with E-state index >= 15 is 0 Å². The highest BCUT2D eigenvalue weighted by molar-refractivity contribution is 5.41. The summed E-state index contributed by atoms with van der Waals surface area (Å²) in [6, 6.07) is 4.70. The zero-order valence-corrected chi connectivity index (χ0v) is 11.6. The van der Waals surface area contributed by atoms with Crippen LogP contribution in [-0.2, 0) is 6.54 Å². The third-order valence-corrected chi connectivity index (χ3v) is 3.37. The number of ether oxygens (including phenoxy) is 1. The van der Waals surface area contributed by atoms with Crippen molar-refractivity contribution in [3.05, 3.63) is 28.8 Å². The highest BCUT2D eigenvalue weighted by atomic mass is 16.5. The third-order valence-electron chi connectivity index (χ3n) is 3.37. The number of methoxy groups -OCH3 is 1. The Balaban J connectivity index is 2.88. The van der Waals surface area contributed by atoms with Gasteiger partial charge in [-0.25, -0.2) is 0 Å². The summed E-state index contributed by atoms with van der Waals surface area (Å²) in [4.78, 5) is 2.27. The van der Waals surface area contributed by atoms with E-state index in [1.807, 2.05) is 0 Å². The molecule has 0 heterocycles. The lowest BCUT2D eigenvalue weighted by atomic mass is 10.0. The Morgan fingerprint density at radius 1 is 1.29 bits per heavy atom. The molecule has 1 atom stereocenters. The van der Waals surface area contributed by atoms with Gasteiger partial charge in [0.15, 0.2) is 0 Å². The molecule has 0 saturated carbocycles. The summed E-state index contributed by atoms with van der Waals surface area (Å²) in [6.07, 6.45) is 0. The first-order valence-electron chi connectivity index (χ1n) is 6.04. The number of nitrogens with two attached hydrogens (primary N) is 1. The van der Waals surface area contributed by atoms with E-state index < -0.39 is 0 Å². The van der Waals surface area contributed by atoms with E-state index in [4.69, 9.17) is 10.5 Å². The molecule has 0 aliphatic heterocycles. The monoisotopic (exact) mass is 236 g/mol. The minimum atomic E-state index is 0.400. The molecule has 0 fully saturated rings. The van der Waals surface area contributed by atoms with E-state index in [-0.39, 0.29) is 0 Å². The summed E-state index contributed by atoms with van der Waals surface area (Å²) in [6.45, 7) is 7.96. The van der Waals surface area contributed by atoms with Gasteiger partial charge in [0.05, 0.1) is 7.11 Å². The minimum Gasteiger partial charge on any atom is -0.496 e. The maximum atomic E-state index is 5.68. The molecular formula is C14H24N2O. The lowest BCUT2D eigenvalue weighted by Gasteiger charge is -2.24. The fraction of sp³-hybridized carbons (Fsp3) is 0.571. The molecule has 0 spiro atoms. The number of rotatable bonds is 5. The van der Waals surface area contributed by atoms with Gasteiger partial charge in [-0.05, 0) is 50.6 Å². The van der Waals surface area contributed by atoms with Crippen LogP contribution in [0.2, 0.25) is 0 Å². The maximum absolute atomic E-state index is 5.68. The van der Waals surface area contributed by atoms with Gasteiger partial charge in [-0.3, -0.25) is 4.90 Å². The molecule has 0 amide bonds. The Kier molecular flexibility index (Phi) is 4.97. The van der Waals surface area contributed by atoms with Crippen LogP contribution < -0.4 is 10.5 Å². The van der Waals surface area contributed by atoms with Crippen molar-refractivity contribution < 1.29 is 4.74 Å². The molecule has 3 heteroatoms. The van der Waals surface area contributed by atoms with Gasteiger partial charge >= 0.3 is 0 Å². The quantitative estimate of drug-likeness (QED) is 0.851. The first kappa shape index (κ1) is 14.0. The molecule has 0 radical (unpaired) electrons. The van der Waals surface area contributed by atoms with Crippen molar-refractivity contribution >= 4 is 0 Å². The van der Waals surface area contributed by atoms with Crippen molar-refractivity contribution in [2.75, 3.05) is 20.7 Å². The molecular weight excluding hydrogens is 212 g/mol. The third kappa shape index (κ3) is 3.45. The second kappa shape index (κ2) is 6.03. The standard InChI is InChI=1S/C14H24N2O/c1-10-7-14(17-5)11(2)6-13(10)9-16(4)12(3)8-15/h6-7,12H,8-9,15H2,1-5H3. The van der Waals surface area contributed by atoms with Gasteiger partial charge in [0.1, 0.15) is 5.75 Å². The summed E-state index contributed by atoms with van der Waals surface area (Å²) >= 11 is 0. The lowest BCUT2D eigenvalue weighted by molar-refractivity contribution is 0.254. The highest BCUT2D eigenvalue weighted by Crippen LogP contribution is 2.23. The Morgan fingerprint density at radius 3 is 2.47 bits per heavy atom. The summed E-state index contributed by atoms with van der Waals surface area (Å²) < 4.78 is 5.32. The van der Waals surface area contributed by atoms with Crippen LogP contribution in [0.3, 0.4) is 0 Å². The molecule has 0 aromatic heterocycles. The first-order chi connectivity index (χ1) is 7.99. The number of aryl methyl sites for hydroxylation is 2. The van der Waals surface area contributed by atoms with E-state index in [9.17, 15) is 0 Å². The zero-order chi connectivity index (χ0) is 13.0. The van der Waals surface area contributed by atoms with Gasteiger partial charge in [-0.1, -0.05) is 6.07 Å². The molecule has 1 unspecified atom stereocenters. The number of benzene rings is 1. The average Bonchev–Trinajstić information content (AvgIpc) is 2.32. The molecule has 1 aromatic carbocycles. The summed E-state index contributed by atoms with van der Waals surface area (Å²) in [7, 11) is 3.82. The molecule has 0 saturated heterocycles. The summed E-state index contributed by atoms with van der Waals surface area (Å²) in [5.41, 5.74) is 9.47. The van der Waals surface area contributed by atoms with Gasteiger partial charge < -0.3 is 10.5 Å². The first-order valence-corrected chi connectivity index (χ1v) is 6.04. The van der Waals surface area contributed by atoms with Crippen molar-refractivity contribution in [3.8, 4) is 5.75 Å². The molecule has 0 aliphatic carbocycles. The Morgan fingerprint density at radius 2 is 1.94 bits per heavy atom. The lowest BCUT2D eigenvalue weighted by Crippen LogP contribution is -2.34. The van der Waals surface area contributed by atoms with Crippen molar-refractivity contribution in [1.82, 2.24) is 4.90 Å². The molecule has 17 heavy (non-hydrogen) atoms. The summed E-state index contributed by atoms with van der Waals surface area (Å²) in [5, 5.41) is 0. The predicted molar refractivity (Wildman–Crippen MR) is 72.5 cm³/mol. The Hall–Kier alpha value is -1.06. The van der Waals surface area contributed by atoms with Crippen molar-refractivity contribution in [2.45, 2.75) is 33.4 Å². The van der Waals surface area contributed by atoms with E-state index in [0.717, 1.165) is 12.3 Å². The van der Waals surface area contributed by atoms with Crippen LogP contribution in [0.1, 0.15) is 23.6 Å². The van der Waals surface area contributed by atoms with Crippen LogP contribution in [0.5, 0.6) is 5.75 Å². The van der Waals surface area contributed by atoms with Crippen molar-refractivity contribution in [2.24, 2.45) is 5.73 Å². The summed E-state index contributed by atoms with van der Waals surface area (Å²) in [5.74, 6) is 0.959. The second-order valence-corrected chi connectivity index (χ2v) is 4.75. The zero-order valence-electron chi connectivity index (χ0n) is 11.6. The smallest absolute Gasteiger partial charge is 0.122 e. The fourth-order valence-electron chi connectivity index (χ4n) is 1.84. The van der Waals surface area contributed by atoms with Crippen LogP contribution in [0.25, 0.3) is 0 Å². The second-order valence-electron chi connectivity index (χ2n) is 4.75. The molecule has 1 aromatic rings. The molecule has 0 aliphatic rings. The van der Waals surface area contributed by atoms with E-state index in [0.29, 0.717) is 12.6 Å². The van der Waals surface area contributed by atoms with Gasteiger partial charge in [0.2, 0.25) is 0 Å².